The zero-order chi connectivity index (χ0) is 26.5. The Morgan fingerprint density at radius 1 is 0.889 bits per heavy atom. The van der Waals surface area contributed by atoms with Gasteiger partial charge in [-0.25, -0.2) is 0 Å². The second-order valence-corrected chi connectivity index (χ2v) is 16.4. The number of hydrogen-bond donors (Lipinski definition) is 0. The van der Waals surface area contributed by atoms with Gasteiger partial charge in [0.2, 0.25) is 0 Å². The lowest BCUT2D eigenvalue weighted by molar-refractivity contribution is -0.179. The minimum atomic E-state index is -0.226. The van der Waals surface area contributed by atoms with E-state index in [0.717, 1.165) is 31.1 Å². The summed E-state index contributed by atoms with van der Waals surface area (Å²) in [5, 5.41) is 0. The number of allylic oxidation sites excluding steroid dienone is 2. The Kier molecular flexibility index (Phi) is 6.14. The van der Waals surface area contributed by atoms with Crippen LogP contribution in [0.3, 0.4) is 0 Å². The van der Waals surface area contributed by atoms with Crippen LogP contribution < -0.4 is 0 Å². The van der Waals surface area contributed by atoms with Gasteiger partial charge in [-0.3, -0.25) is 9.59 Å². The van der Waals surface area contributed by atoms with E-state index in [1.165, 1.54) is 50.5 Å². The van der Waals surface area contributed by atoms with Crippen LogP contribution in [0.2, 0.25) is 0 Å². The zero-order valence-electron chi connectivity index (χ0n) is 24.9. The van der Waals surface area contributed by atoms with Crippen molar-refractivity contribution in [2.45, 2.75) is 127 Å². The maximum Gasteiger partial charge on any atom is 0.159 e. The Bertz CT molecular complexity index is 972. The molecule has 36 heavy (non-hydrogen) atoms. The summed E-state index contributed by atoms with van der Waals surface area (Å²) >= 11 is 0. The van der Waals surface area contributed by atoms with Crippen LogP contribution in [0.25, 0.3) is 0 Å². The van der Waals surface area contributed by atoms with E-state index >= 15 is 0 Å². The third-order valence-corrected chi connectivity index (χ3v) is 13.6. The van der Waals surface area contributed by atoms with E-state index in [2.05, 4.69) is 61.5 Å². The number of hydrogen-bond acceptors (Lipinski definition) is 2. The van der Waals surface area contributed by atoms with Gasteiger partial charge in [0.1, 0.15) is 5.78 Å². The first-order chi connectivity index (χ1) is 16.6. The molecule has 0 bridgehead atoms. The van der Waals surface area contributed by atoms with Crippen LogP contribution >= 0.6 is 0 Å². The quantitative estimate of drug-likeness (QED) is 0.393. The number of fused-ring (bicyclic) bond motifs is 7. The van der Waals surface area contributed by atoms with Crippen molar-refractivity contribution in [2.75, 3.05) is 0 Å². The molecule has 202 valence electrons. The summed E-state index contributed by atoms with van der Waals surface area (Å²) in [6.45, 7) is 21.3. The summed E-state index contributed by atoms with van der Waals surface area (Å²) in [5.74, 6) is 3.98. The Morgan fingerprint density at radius 2 is 1.56 bits per heavy atom. The molecule has 0 spiro atoms. The van der Waals surface area contributed by atoms with Crippen LogP contribution in [-0.4, -0.2) is 11.6 Å². The average Bonchev–Trinajstić information content (AvgIpc) is 2.76. The van der Waals surface area contributed by atoms with Crippen molar-refractivity contribution in [1.29, 1.82) is 0 Å². The van der Waals surface area contributed by atoms with E-state index in [1.807, 2.05) is 0 Å². The normalized spacial score (nSPS) is 49.9. The van der Waals surface area contributed by atoms with Gasteiger partial charge in [0.15, 0.2) is 5.78 Å². The molecule has 0 aromatic carbocycles. The third kappa shape index (κ3) is 3.61. The topological polar surface area (TPSA) is 34.1 Å². The van der Waals surface area contributed by atoms with Crippen LogP contribution in [-0.2, 0) is 9.59 Å². The SMILES string of the molecule is CC(=O)[C@@]1(C)CC[C@]2(C)CCC3C(=CC(=O)[C@@H]4[C@@]5(C)CC[C@H](CC(C)C)C(C)(C)[C@@H]5CC[C@@]34C)[C@@H]2C1. The molecule has 4 fully saturated rings. The number of carbonyl (C=O) groups is 2. The molecule has 2 nitrogen and oxygen atoms in total. The molecule has 0 heterocycles. The number of carbonyl (C=O) groups excluding carboxylic acids is 2. The first kappa shape index (κ1) is 26.7. The second-order valence-electron chi connectivity index (χ2n) is 16.4. The molecule has 2 heteroatoms. The van der Waals surface area contributed by atoms with Gasteiger partial charge in [-0.2, -0.15) is 0 Å². The Hall–Kier alpha value is -0.920. The van der Waals surface area contributed by atoms with E-state index in [1.54, 1.807) is 6.92 Å². The van der Waals surface area contributed by atoms with Crippen LogP contribution in [0.1, 0.15) is 127 Å². The second kappa shape index (κ2) is 8.29. The first-order valence-corrected chi connectivity index (χ1v) is 15.3. The summed E-state index contributed by atoms with van der Waals surface area (Å²) in [6, 6.07) is 0. The summed E-state index contributed by atoms with van der Waals surface area (Å²) in [5.41, 5.74) is 1.94. The first-order valence-electron chi connectivity index (χ1n) is 15.3. The van der Waals surface area contributed by atoms with Gasteiger partial charge in [0.05, 0.1) is 0 Å². The highest BCUT2D eigenvalue weighted by Crippen LogP contribution is 2.72. The smallest absolute Gasteiger partial charge is 0.159 e. The predicted molar refractivity (Wildman–Crippen MR) is 148 cm³/mol. The summed E-state index contributed by atoms with van der Waals surface area (Å²) < 4.78 is 0. The van der Waals surface area contributed by atoms with Crippen LogP contribution in [0.5, 0.6) is 0 Å². The molecule has 0 aromatic rings. The van der Waals surface area contributed by atoms with Crippen molar-refractivity contribution < 1.29 is 9.59 Å². The predicted octanol–water partition coefficient (Wildman–Crippen LogP) is 8.83. The fraction of sp³-hybridized carbons (Fsp3) is 0.882. The lowest BCUT2D eigenvalue weighted by Gasteiger charge is -2.68. The molecule has 4 saturated carbocycles. The van der Waals surface area contributed by atoms with Crippen molar-refractivity contribution in [1.82, 2.24) is 0 Å². The minimum Gasteiger partial charge on any atom is -0.299 e. The summed E-state index contributed by atoms with van der Waals surface area (Å²) in [7, 11) is 0. The Morgan fingerprint density at radius 3 is 2.19 bits per heavy atom. The van der Waals surface area contributed by atoms with Crippen LogP contribution in [0.15, 0.2) is 11.6 Å². The van der Waals surface area contributed by atoms with Gasteiger partial charge in [-0.05, 0) is 128 Å². The van der Waals surface area contributed by atoms with Gasteiger partial charge >= 0.3 is 0 Å². The zero-order valence-corrected chi connectivity index (χ0v) is 24.9. The summed E-state index contributed by atoms with van der Waals surface area (Å²) in [4.78, 5) is 27.0. The van der Waals surface area contributed by atoms with E-state index in [0.29, 0.717) is 34.7 Å². The average molecular weight is 495 g/mol. The van der Waals surface area contributed by atoms with E-state index in [-0.39, 0.29) is 27.6 Å². The lowest BCUT2D eigenvalue weighted by Crippen LogP contribution is -2.63. The van der Waals surface area contributed by atoms with Gasteiger partial charge in [-0.15, -0.1) is 0 Å². The van der Waals surface area contributed by atoms with Gasteiger partial charge in [0, 0.05) is 11.3 Å². The van der Waals surface area contributed by atoms with Gasteiger partial charge < -0.3 is 0 Å². The van der Waals surface area contributed by atoms with Crippen molar-refractivity contribution in [3.05, 3.63) is 11.6 Å². The Balaban J connectivity index is 1.53. The van der Waals surface area contributed by atoms with Crippen molar-refractivity contribution in [3.63, 3.8) is 0 Å². The van der Waals surface area contributed by atoms with E-state index < -0.39 is 0 Å². The molecule has 5 aliphatic carbocycles. The molecular weight excluding hydrogens is 440 g/mol. The molecule has 0 amide bonds. The standard InChI is InChI=1S/C34H54O2/c1-21(2)18-23-10-14-34(9)28(30(23,4)5)12-15-33(8)25-11-13-31(6)16-17-32(7,22(3)35)20-26(31)24(25)19-27(36)29(33)34/h19,21,23,25-26,28-29H,10-18,20H2,1-9H3/t23-,25?,26+,28+,29+,31+,32+,33+,34+/m1/s1. The van der Waals surface area contributed by atoms with E-state index in [4.69, 9.17) is 0 Å². The monoisotopic (exact) mass is 494 g/mol. The molecule has 0 aliphatic heterocycles. The van der Waals surface area contributed by atoms with Crippen molar-refractivity contribution >= 4 is 11.6 Å². The maximum absolute atomic E-state index is 14.3. The lowest BCUT2D eigenvalue weighted by atomic mass is 9.36. The molecule has 0 saturated heterocycles. The molecule has 1 unspecified atom stereocenters. The van der Waals surface area contributed by atoms with Crippen LogP contribution in [0.4, 0.5) is 0 Å². The minimum absolute atomic E-state index is 0.0682. The fourth-order valence-corrected chi connectivity index (χ4v) is 11.3. The molecule has 5 rings (SSSR count). The molecular formula is C34H54O2. The molecule has 0 radical (unpaired) electrons. The summed E-state index contributed by atoms with van der Waals surface area (Å²) in [6.07, 6.45) is 14.0. The fourth-order valence-electron chi connectivity index (χ4n) is 11.3. The largest absolute Gasteiger partial charge is 0.299 e. The number of rotatable bonds is 3. The van der Waals surface area contributed by atoms with Gasteiger partial charge in [-0.1, -0.05) is 61.0 Å². The molecule has 9 atom stereocenters. The van der Waals surface area contributed by atoms with Crippen molar-refractivity contribution in [3.8, 4) is 0 Å². The van der Waals surface area contributed by atoms with Crippen LogP contribution in [0, 0.1) is 62.6 Å². The third-order valence-electron chi connectivity index (χ3n) is 13.6. The van der Waals surface area contributed by atoms with Crippen molar-refractivity contribution in [2.24, 2.45) is 62.6 Å². The molecule has 0 aromatic heterocycles. The Labute approximate surface area is 221 Å². The van der Waals surface area contributed by atoms with E-state index in [9.17, 15) is 9.59 Å². The van der Waals surface area contributed by atoms with Gasteiger partial charge in [0.25, 0.3) is 0 Å². The highest BCUT2D eigenvalue weighted by molar-refractivity contribution is 5.95. The number of ketones is 2. The molecule has 5 aliphatic rings. The maximum atomic E-state index is 14.3. The highest BCUT2D eigenvalue weighted by atomic mass is 16.1. The highest BCUT2D eigenvalue weighted by Gasteiger charge is 2.66. The molecule has 0 N–H and O–H groups in total. The number of Topliss-reactive ketones (excluding diaryl/α,β-unsaturated/α-hetero) is 1.